The van der Waals surface area contributed by atoms with Crippen LogP contribution in [-0.4, -0.2) is 41.9 Å². The fourth-order valence-corrected chi connectivity index (χ4v) is 5.29. The third kappa shape index (κ3) is 5.28. The normalized spacial score (nSPS) is 20.9. The number of nitrogens with one attached hydrogen (secondary N) is 2. The Labute approximate surface area is 204 Å². The lowest BCUT2D eigenvalue weighted by Crippen LogP contribution is -2.49. The SMILES string of the molecule is CC1=CNN([C@H](C)NC(=O)c2cc(OC[C@H]3CCOC3)cc(-c3ncc(C4CCC4)s3)c2)C=C1. The predicted octanol–water partition coefficient (Wildman–Crippen LogP) is 4.81. The first kappa shape index (κ1) is 22.9. The van der Waals surface area contributed by atoms with Gasteiger partial charge in [-0.25, -0.2) is 4.98 Å². The summed E-state index contributed by atoms with van der Waals surface area (Å²) < 4.78 is 11.6. The van der Waals surface area contributed by atoms with Crippen molar-refractivity contribution >= 4 is 17.2 Å². The van der Waals surface area contributed by atoms with Crippen LogP contribution >= 0.6 is 11.3 Å². The molecular weight excluding hydrogens is 448 g/mol. The molecule has 8 heteroatoms. The Morgan fingerprint density at radius 3 is 2.94 bits per heavy atom. The minimum Gasteiger partial charge on any atom is -0.493 e. The lowest BCUT2D eigenvalue weighted by molar-refractivity contribution is 0.0877. The van der Waals surface area contributed by atoms with Crippen molar-refractivity contribution in [2.24, 2.45) is 5.92 Å². The molecule has 1 saturated heterocycles. The number of ether oxygens (including phenoxy) is 2. The number of hydrogen-bond acceptors (Lipinski definition) is 7. The van der Waals surface area contributed by atoms with E-state index in [9.17, 15) is 4.79 Å². The van der Waals surface area contributed by atoms with E-state index < -0.39 is 0 Å². The highest BCUT2D eigenvalue weighted by Crippen LogP contribution is 2.41. The van der Waals surface area contributed by atoms with Crippen LogP contribution in [-0.2, 0) is 4.74 Å². The van der Waals surface area contributed by atoms with Gasteiger partial charge in [-0.05, 0) is 68.9 Å². The molecule has 5 rings (SSSR count). The first-order valence-corrected chi connectivity index (χ1v) is 12.9. The van der Waals surface area contributed by atoms with Crippen LogP contribution in [0.5, 0.6) is 5.75 Å². The van der Waals surface area contributed by atoms with Crippen LogP contribution in [0.25, 0.3) is 10.6 Å². The van der Waals surface area contributed by atoms with Crippen LogP contribution in [0.1, 0.15) is 60.7 Å². The molecule has 0 spiro atoms. The van der Waals surface area contributed by atoms with E-state index in [1.165, 1.54) is 24.1 Å². The van der Waals surface area contributed by atoms with Crippen molar-refractivity contribution in [3.63, 3.8) is 0 Å². The van der Waals surface area contributed by atoms with Gasteiger partial charge in [0, 0.05) is 47.1 Å². The zero-order valence-electron chi connectivity index (χ0n) is 19.8. The quantitative estimate of drug-likeness (QED) is 0.565. The van der Waals surface area contributed by atoms with Crippen molar-refractivity contribution in [2.45, 2.75) is 51.6 Å². The monoisotopic (exact) mass is 480 g/mol. The van der Waals surface area contributed by atoms with Crippen LogP contribution in [0, 0.1) is 5.92 Å². The molecule has 0 unspecified atom stereocenters. The minimum absolute atomic E-state index is 0.152. The second-order valence-corrected chi connectivity index (χ2v) is 10.4. The van der Waals surface area contributed by atoms with E-state index in [2.05, 4.69) is 15.7 Å². The highest BCUT2D eigenvalue weighted by Gasteiger charge is 2.23. The highest BCUT2D eigenvalue weighted by atomic mass is 32.1. The molecule has 2 fully saturated rings. The van der Waals surface area contributed by atoms with Crippen LogP contribution in [0.15, 0.2) is 48.4 Å². The summed E-state index contributed by atoms with van der Waals surface area (Å²) in [5.74, 6) is 1.57. The smallest absolute Gasteiger partial charge is 0.253 e. The van der Waals surface area contributed by atoms with Gasteiger partial charge in [-0.3, -0.25) is 9.80 Å². The first-order valence-electron chi connectivity index (χ1n) is 12.1. The van der Waals surface area contributed by atoms with Gasteiger partial charge >= 0.3 is 0 Å². The van der Waals surface area contributed by atoms with Crippen LogP contribution in [0.2, 0.25) is 0 Å². The average Bonchev–Trinajstić information content (AvgIpc) is 3.49. The number of benzene rings is 1. The predicted molar refractivity (Wildman–Crippen MR) is 133 cm³/mol. The van der Waals surface area contributed by atoms with Gasteiger partial charge in [0.25, 0.3) is 5.91 Å². The summed E-state index contributed by atoms with van der Waals surface area (Å²) >= 11 is 1.73. The summed E-state index contributed by atoms with van der Waals surface area (Å²) in [6.45, 7) is 6.06. The molecule has 1 aliphatic carbocycles. The number of aromatic nitrogens is 1. The van der Waals surface area contributed by atoms with E-state index in [1.807, 2.05) is 61.7 Å². The van der Waals surface area contributed by atoms with Crippen molar-refractivity contribution < 1.29 is 14.3 Å². The second kappa shape index (κ2) is 10.2. The summed E-state index contributed by atoms with van der Waals surface area (Å²) in [5.41, 5.74) is 5.79. The maximum atomic E-state index is 13.2. The third-order valence-corrected chi connectivity index (χ3v) is 7.86. The standard InChI is InChI=1S/C26H32N4O3S/c1-17-6-8-30(28-13-17)18(2)29-25(31)21-10-22(26-27-14-24(34-26)20-4-3-5-20)12-23(11-21)33-16-19-7-9-32-15-19/h6,8,10-14,18-20,28H,3-5,7,9,15-16H2,1-2H3,(H,29,31)/t18-,19+/m1/s1. The zero-order chi connectivity index (χ0) is 23.5. The van der Waals surface area contributed by atoms with Gasteiger partial charge in [-0.2, -0.15) is 0 Å². The molecule has 1 amide bonds. The van der Waals surface area contributed by atoms with Gasteiger partial charge in [0.1, 0.15) is 16.9 Å². The van der Waals surface area contributed by atoms with Crippen LogP contribution in [0.4, 0.5) is 0 Å². The fourth-order valence-electron chi connectivity index (χ4n) is 4.22. The summed E-state index contributed by atoms with van der Waals surface area (Å²) in [7, 11) is 0. The Morgan fingerprint density at radius 1 is 1.35 bits per heavy atom. The molecule has 1 saturated carbocycles. The molecule has 2 N–H and O–H groups in total. The Bertz CT molecular complexity index is 1090. The molecule has 34 heavy (non-hydrogen) atoms. The van der Waals surface area contributed by atoms with E-state index in [4.69, 9.17) is 9.47 Å². The molecule has 2 aliphatic heterocycles. The molecule has 3 heterocycles. The molecule has 0 bridgehead atoms. The number of nitrogens with zero attached hydrogens (tertiary/aromatic N) is 2. The summed E-state index contributed by atoms with van der Waals surface area (Å²) in [5, 5.41) is 5.87. The van der Waals surface area contributed by atoms with Gasteiger partial charge in [0.2, 0.25) is 0 Å². The van der Waals surface area contributed by atoms with Crippen molar-refractivity contribution in [1.82, 2.24) is 20.7 Å². The number of hydrazine groups is 1. The van der Waals surface area contributed by atoms with Gasteiger partial charge in [-0.15, -0.1) is 11.3 Å². The maximum Gasteiger partial charge on any atom is 0.253 e. The topological polar surface area (TPSA) is 75.7 Å². The van der Waals surface area contributed by atoms with Gasteiger partial charge < -0.3 is 20.2 Å². The first-order chi connectivity index (χ1) is 16.5. The molecule has 3 aliphatic rings. The van der Waals surface area contributed by atoms with E-state index in [0.717, 1.165) is 35.8 Å². The van der Waals surface area contributed by atoms with Gasteiger partial charge in [0.15, 0.2) is 0 Å². The summed E-state index contributed by atoms with van der Waals surface area (Å²) in [4.78, 5) is 19.3. The fraction of sp³-hybridized carbons (Fsp3) is 0.462. The van der Waals surface area contributed by atoms with E-state index >= 15 is 0 Å². The second-order valence-electron chi connectivity index (χ2n) is 9.37. The molecule has 1 aromatic carbocycles. The molecule has 180 valence electrons. The van der Waals surface area contributed by atoms with Gasteiger partial charge in [0.05, 0.1) is 13.2 Å². The largest absolute Gasteiger partial charge is 0.493 e. The van der Waals surface area contributed by atoms with Crippen molar-refractivity contribution in [3.8, 4) is 16.3 Å². The van der Waals surface area contributed by atoms with Crippen molar-refractivity contribution in [3.05, 3.63) is 58.9 Å². The number of allylic oxidation sites excluding steroid dienone is 2. The number of thiazole rings is 1. The maximum absolute atomic E-state index is 13.2. The van der Waals surface area contributed by atoms with E-state index in [-0.39, 0.29) is 12.1 Å². The van der Waals surface area contributed by atoms with E-state index in [1.54, 1.807) is 11.3 Å². The van der Waals surface area contributed by atoms with Crippen LogP contribution in [0.3, 0.4) is 0 Å². The Morgan fingerprint density at radius 2 is 2.24 bits per heavy atom. The molecule has 7 nitrogen and oxygen atoms in total. The number of rotatable bonds is 8. The lowest BCUT2D eigenvalue weighted by Gasteiger charge is -2.30. The van der Waals surface area contributed by atoms with E-state index in [0.29, 0.717) is 29.8 Å². The third-order valence-electron chi connectivity index (χ3n) is 6.65. The Balaban J connectivity index is 1.35. The molecule has 1 aromatic heterocycles. The zero-order valence-corrected chi connectivity index (χ0v) is 20.6. The Hall–Kier alpha value is -2.84. The number of carbonyl (C=O) groups excluding carboxylic acids is 1. The number of amides is 1. The number of carbonyl (C=O) groups is 1. The average molecular weight is 481 g/mol. The van der Waals surface area contributed by atoms with Crippen molar-refractivity contribution in [1.29, 1.82) is 0 Å². The summed E-state index contributed by atoms with van der Waals surface area (Å²) in [6, 6.07) is 5.74. The number of hydrogen-bond donors (Lipinski definition) is 2. The summed E-state index contributed by atoms with van der Waals surface area (Å²) in [6.07, 6.45) is 12.4. The molecular formula is C26H32N4O3S. The van der Waals surface area contributed by atoms with Gasteiger partial charge in [-0.1, -0.05) is 6.42 Å². The lowest BCUT2D eigenvalue weighted by atomic mass is 9.85. The van der Waals surface area contributed by atoms with Crippen LogP contribution < -0.4 is 15.5 Å². The van der Waals surface area contributed by atoms with Crippen molar-refractivity contribution in [2.75, 3.05) is 19.8 Å². The molecule has 0 radical (unpaired) electrons. The minimum atomic E-state index is -0.234. The highest BCUT2D eigenvalue weighted by molar-refractivity contribution is 7.15. The Kier molecular flexibility index (Phi) is 6.87. The molecule has 2 atom stereocenters. The molecule has 2 aromatic rings.